The third-order valence-electron chi connectivity index (χ3n) is 4.02. The molecule has 2 amide bonds. The molecule has 0 radical (unpaired) electrons. The first-order valence-electron chi connectivity index (χ1n) is 7.58. The van der Waals surface area contributed by atoms with Crippen LogP contribution in [0.1, 0.15) is 47.5 Å². The Labute approximate surface area is 122 Å². The fourth-order valence-electron chi connectivity index (χ4n) is 2.66. The molecule has 1 saturated heterocycles. The van der Waals surface area contributed by atoms with Crippen molar-refractivity contribution in [3.8, 4) is 0 Å². The molecule has 5 nitrogen and oxygen atoms in total. The van der Waals surface area contributed by atoms with Gasteiger partial charge in [0.05, 0.1) is 18.2 Å². The standard InChI is InChI=1S/C15H30N2O3/c1-10(2)13(18)15(4,5)9-16-14(19)17-11(3)12-7-6-8-20-12/h10-13,18H,6-9H2,1-5H3,(H2,16,17,19). The lowest BCUT2D eigenvalue weighted by Gasteiger charge is -2.33. The predicted octanol–water partition coefficient (Wildman–Crippen LogP) is 1.90. The summed E-state index contributed by atoms with van der Waals surface area (Å²) in [4.78, 5) is 11.9. The Bertz CT molecular complexity index is 312. The Hall–Kier alpha value is -0.810. The highest BCUT2D eigenvalue weighted by atomic mass is 16.5. The number of amides is 2. The van der Waals surface area contributed by atoms with Gasteiger partial charge < -0.3 is 20.5 Å². The van der Waals surface area contributed by atoms with Crippen molar-refractivity contribution in [1.82, 2.24) is 10.6 Å². The van der Waals surface area contributed by atoms with E-state index in [4.69, 9.17) is 4.74 Å². The summed E-state index contributed by atoms with van der Waals surface area (Å²) in [5.74, 6) is 0.167. The van der Waals surface area contributed by atoms with E-state index in [2.05, 4.69) is 10.6 Å². The topological polar surface area (TPSA) is 70.6 Å². The Morgan fingerprint density at radius 2 is 2.05 bits per heavy atom. The molecule has 1 heterocycles. The summed E-state index contributed by atoms with van der Waals surface area (Å²) in [7, 11) is 0. The van der Waals surface area contributed by atoms with Crippen LogP contribution in [0.3, 0.4) is 0 Å². The van der Waals surface area contributed by atoms with Crippen molar-refractivity contribution in [2.75, 3.05) is 13.2 Å². The first kappa shape index (κ1) is 17.2. The highest BCUT2D eigenvalue weighted by Gasteiger charge is 2.31. The summed E-state index contributed by atoms with van der Waals surface area (Å²) >= 11 is 0. The largest absolute Gasteiger partial charge is 0.392 e. The zero-order valence-corrected chi connectivity index (χ0v) is 13.4. The number of aliphatic hydroxyl groups excluding tert-OH is 1. The SMILES string of the molecule is CC(C)C(O)C(C)(C)CNC(=O)NC(C)C1CCCO1. The third kappa shape index (κ3) is 4.94. The highest BCUT2D eigenvalue weighted by Crippen LogP contribution is 2.25. The van der Waals surface area contributed by atoms with Crippen LogP contribution in [0.25, 0.3) is 0 Å². The fraction of sp³-hybridized carbons (Fsp3) is 0.933. The minimum Gasteiger partial charge on any atom is -0.392 e. The van der Waals surface area contributed by atoms with Crippen molar-refractivity contribution in [1.29, 1.82) is 0 Å². The second kappa shape index (κ2) is 7.27. The van der Waals surface area contributed by atoms with Crippen LogP contribution in [0.4, 0.5) is 4.79 Å². The van der Waals surface area contributed by atoms with Gasteiger partial charge in [0.15, 0.2) is 0 Å². The number of urea groups is 1. The first-order chi connectivity index (χ1) is 9.24. The van der Waals surface area contributed by atoms with Crippen LogP contribution in [0.2, 0.25) is 0 Å². The zero-order valence-electron chi connectivity index (χ0n) is 13.4. The van der Waals surface area contributed by atoms with Crippen molar-refractivity contribution in [3.05, 3.63) is 0 Å². The monoisotopic (exact) mass is 286 g/mol. The Balaban J connectivity index is 2.35. The summed E-state index contributed by atoms with van der Waals surface area (Å²) < 4.78 is 5.55. The molecule has 118 valence electrons. The second-order valence-electron chi connectivity index (χ2n) is 6.84. The molecule has 3 N–H and O–H groups in total. The Morgan fingerprint density at radius 3 is 2.55 bits per heavy atom. The van der Waals surface area contributed by atoms with Crippen molar-refractivity contribution in [3.63, 3.8) is 0 Å². The lowest BCUT2D eigenvalue weighted by molar-refractivity contribution is 0.0149. The molecule has 1 aliphatic heterocycles. The molecule has 0 aromatic carbocycles. The van der Waals surface area contributed by atoms with Gasteiger partial charge in [0.25, 0.3) is 0 Å². The number of rotatable bonds is 6. The van der Waals surface area contributed by atoms with E-state index in [0.29, 0.717) is 6.54 Å². The van der Waals surface area contributed by atoms with Gasteiger partial charge in [0.1, 0.15) is 0 Å². The zero-order chi connectivity index (χ0) is 15.3. The minimum absolute atomic E-state index is 0.00985. The molecule has 1 aliphatic rings. The molecule has 20 heavy (non-hydrogen) atoms. The molecule has 1 fully saturated rings. The maximum absolute atomic E-state index is 11.9. The van der Waals surface area contributed by atoms with Crippen LogP contribution in [-0.2, 0) is 4.74 Å². The second-order valence-corrected chi connectivity index (χ2v) is 6.84. The van der Waals surface area contributed by atoms with E-state index < -0.39 is 6.10 Å². The molecular weight excluding hydrogens is 256 g/mol. The average molecular weight is 286 g/mol. The summed E-state index contributed by atoms with van der Waals surface area (Å²) in [5.41, 5.74) is -0.349. The van der Waals surface area contributed by atoms with E-state index in [0.717, 1.165) is 19.4 Å². The van der Waals surface area contributed by atoms with Gasteiger partial charge in [0.2, 0.25) is 0 Å². The number of hydrogen-bond donors (Lipinski definition) is 3. The van der Waals surface area contributed by atoms with E-state index in [9.17, 15) is 9.90 Å². The van der Waals surface area contributed by atoms with E-state index in [1.807, 2.05) is 34.6 Å². The van der Waals surface area contributed by atoms with E-state index in [1.165, 1.54) is 0 Å². The summed E-state index contributed by atoms with van der Waals surface area (Å²) in [6.45, 7) is 11.1. The number of hydrogen-bond acceptors (Lipinski definition) is 3. The van der Waals surface area contributed by atoms with Crippen molar-refractivity contribution in [2.45, 2.75) is 65.7 Å². The number of carbonyl (C=O) groups excluding carboxylic acids is 1. The molecule has 0 spiro atoms. The van der Waals surface area contributed by atoms with Crippen LogP contribution in [0, 0.1) is 11.3 Å². The van der Waals surface area contributed by atoms with Crippen LogP contribution < -0.4 is 10.6 Å². The first-order valence-corrected chi connectivity index (χ1v) is 7.58. The summed E-state index contributed by atoms with van der Waals surface area (Å²) in [6, 6.07) is -0.187. The molecule has 0 aromatic heterocycles. The number of aliphatic hydroxyl groups is 1. The maximum atomic E-state index is 11.9. The average Bonchev–Trinajstić information content (AvgIpc) is 2.89. The minimum atomic E-state index is -0.446. The third-order valence-corrected chi connectivity index (χ3v) is 4.02. The van der Waals surface area contributed by atoms with E-state index in [1.54, 1.807) is 0 Å². The molecule has 3 atom stereocenters. The highest BCUT2D eigenvalue weighted by molar-refractivity contribution is 5.74. The molecular formula is C15H30N2O3. The van der Waals surface area contributed by atoms with Crippen molar-refractivity contribution >= 4 is 6.03 Å². The van der Waals surface area contributed by atoms with Gasteiger partial charge in [-0.3, -0.25) is 0 Å². The molecule has 0 bridgehead atoms. The van der Waals surface area contributed by atoms with Crippen molar-refractivity contribution < 1.29 is 14.6 Å². The van der Waals surface area contributed by atoms with Gasteiger partial charge in [-0.2, -0.15) is 0 Å². The number of ether oxygens (including phenoxy) is 1. The normalized spacial score (nSPS) is 22.6. The van der Waals surface area contributed by atoms with Crippen molar-refractivity contribution in [2.24, 2.45) is 11.3 Å². The molecule has 0 aromatic rings. The molecule has 1 rings (SSSR count). The summed E-state index contributed by atoms with van der Waals surface area (Å²) in [6.07, 6.45) is 1.73. The van der Waals surface area contributed by atoms with Crippen LogP contribution in [0.5, 0.6) is 0 Å². The molecule has 0 aliphatic carbocycles. The van der Waals surface area contributed by atoms with Crippen LogP contribution in [0.15, 0.2) is 0 Å². The lowest BCUT2D eigenvalue weighted by Crippen LogP contribution is -2.50. The summed E-state index contributed by atoms with van der Waals surface area (Å²) in [5, 5.41) is 15.9. The van der Waals surface area contributed by atoms with Crippen LogP contribution in [-0.4, -0.2) is 42.5 Å². The van der Waals surface area contributed by atoms with E-state index >= 15 is 0 Å². The van der Waals surface area contributed by atoms with Gasteiger partial charge in [-0.25, -0.2) is 4.79 Å². The van der Waals surface area contributed by atoms with Gasteiger partial charge in [-0.15, -0.1) is 0 Å². The fourth-order valence-corrected chi connectivity index (χ4v) is 2.66. The van der Waals surface area contributed by atoms with E-state index in [-0.39, 0.29) is 29.5 Å². The lowest BCUT2D eigenvalue weighted by atomic mass is 9.81. The van der Waals surface area contributed by atoms with Gasteiger partial charge in [-0.1, -0.05) is 27.7 Å². The smallest absolute Gasteiger partial charge is 0.315 e. The molecule has 0 saturated carbocycles. The maximum Gasteiger partial charge on any atom is 0.315 e. The number of carbonyl (C=O) groups is 1. The van der Waals surface area contributed by atoms with Crippen LogP contribution >= 0.6 is 0 Å². The Morgan fingerprint density at radius 1 is 1.40 bits per heavy atom. The van der Waals surface area contributed by atoms with Gasteiger partial charge in [-0.05, 0) is 25.7 Å². The number of nitrogens with one attached hydrogen (secondary N) is 2. The molecule has 5 heteroatoms. The van der Waals surface area contributed by atoms with Gasteiger partial charge >= 0.3 is 6.03 Å². The molecule has 3 unspecified atom stereocenters. The van der Waals surface area contributed by atoms with Gasteiger partial charge in [0, 0.05) is 18.6 Å². The predicted molar refractivity (Wildman–Crippen MR) is 79.6 cm³/mol. The Kier molecular flexibility index (Phi) is 6.27. The quantitative estimate of drug-likeness (QED) is 0.698.